The minimum Gasteiger partial charge on any atom is -0.496 e. The average molecular weight is 341 g/mol. The number of nitrogens with zero attached hydrogens (tertiary/aromatic N) is 3. The Balaban J connectivity index is 1.69. The Kier molecular flexibility index (Phi) is 4.13. The van der Waals surface area contributed by atoms with E-state index in [4.69, 9.17) is 14.2 Å². The van der Waals surface area contributed by atoms with Crippen LogP contribution in [0.3, 0.4) is 0 Å². The van der Waals surface area contributed by atoms with Gasteiger partial charge in [0.25, 0.3) is 5.91 Å². The van der Waals surface area contributed by atoms with E-state index in [2.05, 4.69) is 9.97 Å². The van der Waals surface area contributed by atoms with Gasteiger partial charge in [-0.2, -0.15) is 0 Å². The molecule has 130 valence electrons. The topological polar surface area (TPSA) is 73.8 Å². The van der Waals surface area contributed by atoms with Crippen LogP contribution in [0.1, 0.15) is 29.8 Å². The fourth-order valence-corrected chi connectivity index (χ4v) is 3.15. The second kappa shape index (κ2) is 6.58. The normalized spacial score (nSPS) is 16.0. The first-order valence-corrected chi connectivity index (χ1v) is 8.35. The molecule has 1 aromatic carbocycles. The number of hydrogen-bond acceptors (Lipinski definition) is 6. The highest BCUT2D eigenvalue weighted by atomic mass is 16.7. The molecular weight excluding hydrogens is 322 g/mol. The van der Waals surface area contributed by atoms with Gasteiger partial charge in [-0.1, -0.05) is 0 Å². The molecular formula is C18H19N3O4. The quantitative estimate of drug-likeness (QED) is 0.854. The van der Waals surface area contributed by atoms with E-state index in [0.29, 0.717) is 34.2 Å². The van der Waals surface area contributed by atoms with Crippen LogP contribution in [0.15, 0.2) is 24.5 Å². The molecule has 0 bridgehead atoms. The zero-order valence-corrected chi connectivity index (χ0v) is 14.0. The van der Waals surface area contributed by atoms with Gasteiger partial charge in [0.15, 0.2) is 11.5 Å². The van der Waals surface area contributed by atoms with Crippen molar-refractivity contribution in [3.8, 4) is 28.5 Å². The van der Waals surface area contributed by atoms with Crippen LogP contribution in [0.2, 0.25) is 0 Å². The molecule has 1 aromatic heterocycles. The summed E-state index contributed by atoms with van der Waals surface area (Å²) in [6.07, 6.45) is 6.38. The minimum absolute atomic E-state index is 0.0752. The number of carbonyl (C=O) groups is 1. The molecule has 1 saturated heterocycles. The molecule has 25 heavy (non-hydrogen) atoms. The number of rotatable bonds is 3. The number of hydrogen-bond donors (Lipinski definition) is 0. The summed E-state index contributed by atoms with van der Waals surface area (Å²) >= 11 is 0. The van der Waals surface area contributed by atoms with Gasteiger partial charge >= 0.3 is 0 Å². The van der Waals surface area contributed by atoms with Gasteiger partial charge in [-0.05, 0) is 25.3 Å². The Morgan fingerprint density at radius 2 is 1.88 bits per heavy atom. The van der Waals surface area contributed by atoms with Crippen molar-refractivity contribution in [3.05, 3.63) is 30.2 Å². The maximum absolute atomic E-state index is 12.7. The van der Waals surface area contributed by atoms with Crippen LogP contribution in [0, 0.1) is 0 Å². The summed E-state index contributed by atoms with van der Waals surface area (Å²) in [5, 5.41) is 0. The molecule has 0 spiro atoms. The monoisotopic (exact) mass is 341 g/mol. The lowest BCUT2D eigenvalue weighted by Gasteiger charge is -2.26. The number of piperidine rings is 1. The van der Waals surface area contributed by atoms with Gasteiger partial charge in [0.05, 0.1) is 25.2 Å². The second-order valence-electron chi connectivity index (χ2n) is 6.05. The summed E-state index contributed by atoms with van der Waals surface area (Å²) in [5.41, 5.74) is 1.63. The highest BCUT2D eigenvalue weighted by Gasteiger charge is 2.22. The van der Waals surface area contributed by atoms with Gasteiger partial charge in [0.1, 0.15) is 11.4 Å². The Hall–Kier alpha value is -2.83. The summed E-state index contributed by atoms with van der Waals surface area (Å²) in [6, 6.07) is 3.57. The minimum atomic E-state index is -0.0752. The SMILES string of the molecule is COc1cc2c(cc1-c1cncc(C(=O)N3CCCCC3)n1)OCO2. The van der Waals surface area contributed by atoms with Crippen LogP contribution in [0.5, 0.6) is 17.2 Å². The first-order chi connectivity index (χ1) is 12.3. The van der Waals surface area contributed by atoms with Crippen molar-refractivity contribution in [2.24, 2.45) is 0 Å². The number of aromatic nitrogens is 2. The van der Waals surface area contributed by atoms with Crippen LogP contribution < -0.4 is 14.2 Å². The number of methoxy groups -OCH3 is 1. The van der Waals surface area contributed by atoms with E-state index in [-0.39, 0.29) is 12.7 Å². The van der Waals surface area contributed by atoms with Crippen LogP contribution in [0.4, 0.5) is 0 Å². The van der Waals surface area contributed by atoms with Crippen molar-refractivity contribution in [1.29, 1.82) is 0 Å². The summed E-state index contributed by atoms with van der Waals surface area (Å²) < 4.78 is 16.2. The molecule has 4 rings (SSSR count). The van der Waals surface area contributed by atoms with Crippen LogP contribution in [-0.2, 0) is 0 Å². The lowest BCUT2D eigenvalue weighted by atomic mass is 10.1. The number of ether oxygens (including phenoxy) is 3. The van der Waals surface area contributed by atoms with Crippen LogP contribution in [0.25, 0.3) is 11.3 Å². The van der Waals surface area contributed by atoms with Gasteiger partial charge in [-0.3, -0.25) is 9.78 Å². The van der Waals surface area contributed by atoms with Gasteiger partial charge in [-0.25, -0.2) is 4.98 Å². The standard InChI is InChI=1S/C18H19N3O4/c1-23-15-8-17-16(24-11-25-17)7-12(15)13-9-19-10-14(20-13)18(22)21-5-3-2-4-6-21/h7-10H,2-6,11H2,1H3. The molecule has 0 atom stereocenters. The van der Waals surface area contributed by atoms with E-state index < -0.39 is 0 Å². The molecule has 0 aliphatic carbocycles. The Morgan fingerprint density at radius 1 is 1.12 bits per heavy atom. The van der Waals surface area contributed by atoms with Gasteiger partial charge < -0.3 is 19.1 Å². The average Bonchev–Trinajstić information content (AvgIpc) is 3.14. The lowest BCUT2D eigenvalue weighted by molar-refractivity contribution is 0.0718. The Bertz CT molecular complexity index is 803. The molecule has 7 nitrogen and oxygen atoms in total. The van der Waals surface area contributed by atoms with E-state index in [0.717, 1.165) is 25.9 Å². The van der Waals surface area contributed by atoms with Crippen LogP contribution in [-0.4, -0.2) is 47.8 Å². The summed E-state index contributed by atoms with van der Waals surface area (Å²) in [6.45, 7) is 1.73. The predicted octanol–water partition coefficient (Wildman–Crippen LogP) is 2.51. The fraction of sp³-hybridized carbons (Fsp3) is 0.389. The molecule has 2 aliphatic rings. The molecule has 3 heterocycles. The predicted molar refractivity (Wildman–Crippen MR) is 89.9 cm³/mol. The second-order valence-corrected chi connectivity index (χ2v) is 6.05. The van der Waals surface area contributed by atoms with Crippen molar-refractivity contribution in [1.82, 2.24) is 14.9 Å². The van der Waals surface area contributed by atoms with Crippen molar-refractivity contribution in [2.45, 2.75) is 19.3 Å². The third-order valence-corrected chi connectivity index (χ3v) is 4.47. The number of fused-ring (bicyclic) bond motifs is 1. The zero-order valence-electron chi connectivity index (χ0n) is 14.0. The molecule has 7 heteroatoms. The fourth-order valence-electron chi connectivity index (χ4n) is 3.15. The zero-order chi connectivity index (χ0) is 17.2. The van der Waals surface area contributed by atoms with Crippen molar-refractivity contribution in [2.75, 3.05) is 27.0 Å². The number of likely N-dealkylation sites (tertiary alicyclic amines) is 1. The van der Waals surface area contributed by atoms with E-state index in [9.17, 15) is 4.79 Å². The highest BCUT2D eigenvalue weighted by Crippen LogP contribution is 2.41. The number of benzene rings is 1. The lowest BCUT2D eigenvalue weighted by Crippen LogP contribution is -2.36. The molecule has 0 saturated carbocycles. The number of amides is 1. The smallest absolute Gasteiger partial charge is 0.274 e. The van der Waals surface area contributed by atoms with Gasteiger partial charge in [-0.15, -0.1) is 0 Å². The Labute approximate surface area is 145 Å². The van der Waals surface area contributed by atoms with Crippen molar-refractivity contribution in [3.63, 3.8) is 0 Å². The molecule has 2 aromatic rings. The maximum Gasteiger partial charge on any atom is 0.274 e. The van der Waals surface area contributed by atoms with Crippen LogP contribution >= 0.6 is 0 Å². The van der Waals surface area contributed by atoms with E-state index in [1.54, 1.807) is 25.4 Å². The number of carbonyl (C=O) groups excluding carboxylic acids is 1. The third-order valence-electron chi connectivity index (χ3n) is 4.47. The van der Waals surface area contributed by atoms with Gasteiger partial charge in [0.2, 0.25) is 6.79 Å². The highest BCUT2D eigenvalue weighted by molar-refractivity contribution is 5.92. The Morgan fingerprint density at radius 3 is 2.64 bits per heavy atom. The summed E-state index contributed by atoms with van der Waals surface area (Å²) in [5.74, 6) is 1.79. The molecule has 0 radical (unpaired) electrons. The van der Waals surface area contributed by atoms with E-state index >= 15 is 0 Å². The molecule has 0 unspecified atom stereocenters. The largest absolute Gasteiger partial charge is 0.496 e. The van der Waals surface area contributed by atoms with Crippen molar-refractivity contribution >= 4 is 5.91 Å². The molecule has 1 amide bonds. The summed E-state index contributed by atoms with van der Waals surface area (Å²) in [4.78, 5) is 23.2. The molecule has 0 N–H and O–H groups in total. The first kappa shape index (κ1) is 15.7. The first-order valence-electron chi connectivity index (χ1n) is 8.35. The maximum atomic E-state index is 12.7. The van der Waals surface area contributed by atoms with Gasteiger partial charge in [0, 0.05) is 24.7 Å². The van der Waals surface area contributed by atoms with Crippen molar-refractivity contribution < 1.29 is 19.0 Å². The molecule has 1 fully saturated rings. The summed E-state index contributed by atoms with van der Waals surface area (Å²) in [7, 11) is 1.58. The van der Waals surface area contributed by atoms with E-state index in [1.165, 1.54) is 12.6 Å². The third kappa shape index (κ3) is 2.97. The van der Waals surface area contributed by atoms with E-state index in [1.807, 2.05) is 4.90 Å². The molecule has 2 aliphatic heterocycles.